The van der Waals surface area contributed by atoms with Crippen molar-refractivity contribution in [3.63, 3.8) is 0 Å². The molecule has 0 N–H and O–H groups in total. The summed E-state index contributed by atoms with van der Waals surface area (Å²) >= 11 is 0. The standard InChI is InChI=1S/C15H15N3O/c1-10-6-12(8-19)11(2)18(10)13-4-5-15-14(7-13)16-9-17(15)3/h4-9H,1-3H3. The van der Waals surface area contributed by atoms with Gasteiger partial charge in [0.2, 0.25) is 0 Å². The van der Waals surface area contributed by atoms with Crippen molar-refractivity contribution in [2.24, 2.45) is 7.05 Å². The van der Waals surface area contributed by atoms with Crippen molar-refractivity contribution in [3.05, 3.63) is 47.5 Å². The zero-order valence-corrected chi connectivity index (χ0v) is 11.2. The number of aromatic nitrogens is 3. The fourth-order valence-corrected chi connectivity index (χ4v) is 2.57. The van der Waals surface area contributed by atoms with Gasteiger partial charge in [-0.3, -0.25) is 4.79 Å². The maximum atomic E-state index is 11.0. The van der Waals surface area contributed by atoms with E-state index in [1.807, 2.05) is 37.6 Å². The Morgan fingerprint density at radius 2 is 2.00 bits per heavy atom. The van der Waals surface area contributed by atoms with Crippen LogP contribution in [0.5, 0.6) is 0 Å². The summed E-state index contributed by atoms with van der Waals surface area (Å²) in [6, 6.07) is 8.06. The quantitative estimate of drug-likeness (QED) is 0.659. The third-order valence-electron chi connectivity index (χ3n) is 3.56. The molecule has 0 saturated heterocycles. The van der Waals surface area contributed by atoms with E-state index in [1.165, 1.54) is 0 Å². The molecule has 0 amide bonds. The summed E-state index contributed by atoms with van der Waals surface area (Å²) in [5.41, 5.74) is 5.84. The second-order valence-electron chi connectivity index (χ2n) is 4.81. The Hall–Kier alpha value is -2.36. The summed E-state index contributed by atoms with van der Waals surface area (Å²) in [6.45, 7) is 3.96. The molecular formula is C15H15N3O. The summed E-state index contributed by atoms with van der Waals surface area (Å²) in [6.07, 6.45) is 2.71. The first-order valence-electron chi connectivity index (χ1n) is 6.17. The Kier molecular flexibility index (Phi) is 2.52. The van der Waals surface area contributed by atoms with E-state index in [4.69, 9.17) is 0 Å². The average Bonchev–Trinajstić information content (AvgIpc) is 2.90. The van der Waals surface area contributed by atoms with Gasteiger partial charge < -0.3 is 9.13 Å². The topological polar surface area (TPSA) is 39.8 Å². The molecule has 2 heterocycles. The van der Waals surface area contributed by atoms with Gasteiger partial charge in [-0.2, -0.15) is 0 Å². The van der Waals surface area contributed by atoms with Crippen LogP contribution in [0.1, 0.15) is 21.7 Å². The number of imidazole rings is 1. The molecule has 0 spiro atoms. The number of rotatable bonds is 2. The number of nitrogens with zero attached hydrogens (tertiary/aromatic N) is 3. The smallest absolute Gasteiger partial charge is 0.151 e. The minimum atomic E-state index is 0.735. The molecule has 3 rings (SSSR count). The Morgan fingerprint density at radius 3 is 2.68 bits per heavy atom. The van der Waals surface area contributed by atoms with E-state index in [1.54, 1.807) is 6.33 Å². The van der Waals surface area contributed by atoms with Crippen LogP contribution in [0.3, 0.4) is 0 Å². The van der Waals surface area contributed by atoms with E-state index >= 15 is 0 Å². The molecule has 4 heteroatoms. The third kappa shape index (κ3) is 1.68. The molecular weight excluding hydrogens is 238 g/mol. The van der Waals surface area contributed by atoms with Gasteiger partial charge in [0, 0.05) is 29.7 Å². The SMILES string of the molecule is Cc1cc(C=O)c(C)n1-c1ccc2c(c1)ncn2C. The van der Waals surface area contributed by atoms with E-state index in [-0.39, 0.29) is 0 Å². The number of carbonyl (C=O) groups excluding carboxylic acids is 1. The van der Waals surface area contributed by atoms with Gasteiger partial charge in [-0.15, -0.1) is 0 Å². The predicted molar refractivity (Wildman–Crippen MR) is 74.9 cm³/mol. The summed E-state index contributed by atoms with van der Waals surface area (Å²) in [5, 5.41) is 0. The van der Waals surface area contributed by atoms with E-state index in [0.29, 0.717) is 0 Å². The van der Waals surface area contributed by atoms with Crippen molar-refractivity contribution in [1.29, 1.82) is 0 Å². The van der Waals surface area contributed by atoms with E-state index in [9.17, 15) is 4.79 Å². The van der Waals surface area contributed by atoms with Crippen LogP contribution in [0.4, 0.5) is 0 Å². The Labute approximate surface area is 111 Å². The largest absolute Gasteiger partial charge is 0.334 e. The van der Waals surface area contributed by atoms with Gasteiger partial charge in [0.05, 0.1) is 17.4 Å². The van der Waals surface area contributed by atoms with Crippen LogP contribution >= 0.6 is 0 Å². The molecule has 0 aliphatic rings. The molecule has 0 bridgehead atoms. The van der Waals surface area contributed by atoms with Crippen molar-refractivity contribution in [2.75, 3.05) is 0 Å². The highest BCUT2D eigenvalue weighted by atomic mass is 16.1. The monoisotopic (exact) mass is 253 g/mol. The summed E-state index contributed by atoms with van der Waals surface area (Å²) in [4.78, 5) is 15.4. The molecule has 2 aromatic heterocycles. The van der Waals surface area contributed by atoms with Crippen LogP contribution in [0.25, 0.3) is 16.7 Å². The fraction of sp³-hybridized carbons (Fsp3) is 0.200. The van der Waals surface area contributed by atoms with E-state index in [0.717, 1.165) is 40.0 Å². The van der Waals surface area contributed by atoms with Gasteiger partial charge in [0.1, 0.15) is 0 Å². The second-order valence-corrected chi connectivity index (χ2v) is 4.81. The third-order valence-corrected chi connectivity index (χ3v) is 3.56. The first-order chi connectivity index (χ1) is 9.11. The number of fused-ring (bicyclic) bond motifs is 1. The van der Waals surface area contributed by atoms with Crippen LogP contribution in [0.15, 0.2) is 30.6 Å². The van der Waals surface area contributed by atoms with Crippen LogP contribution < -0.4 is 0 Å². The van der Waals surface area contributed by atoms with Crippen LogP contribution in [0, 0.1) is 13.8 Å². The normalized spacial score (nSPS) is 11.1. The van der Waals surface area contributed by atoms with Gasteiger partial charge >= 0.3 is 0 Å². The molecule has 0 atom stereocenters. The summed E-state index contributed by atoms with van der Waals surface area (Å²) in [5.74, 6) is 0. The lowest BCUT2D eigenvalue weighted by molar-refractivity contribution is 0.112. The Balaban J connectivity index is 2.24. The molecule has 0 fully saturated rings. The van der Waals surface area contributed by atoms with E-state index in [2.05, 4.69) is 21.7 Å². The van der Waals surface area contributed by atoms with Crippen LogP contribution in [-0.4, -0.2) is 20.4 Å². The van der Waals surface area contributed by atoms with Gasteiger partial charge in [-0.1, -0.05) is 0 Å². The zero-order valence-electron chi connectivity index (χ0n) is 11.2. The fourth-order valence-electron chi connectivity index (χ4n) is 2.57. The lowest BCUT2D eigenvalue weighted by atomic mass is 10.2. The van der Waals surface area contributed by atoms with Gasteiger partial charge in [-0.05, 0) is 38.1 Å². The van der Waals surface area contributed by atoms with Gasteiger partial charge in [0.15, 0.2) is 6.29 Å². The predicted octanol–water partition coefficient (Wildman–Crippen LogP) is 2.79. The number of hydrogen-bond donors (Lipinski definition) is 0. The van der Waals surface area contributed by atoms with E-state index < -0.39 is 0 Å². The zero-order chi connectivity index (χ0) is 13.6. The molecule has 0 unspecified atom stereocenters. The lowest BCUT2D eigenvalue weighted by Crippen LogP contribution is -1.99. The second kappa shape index (κ2) is 4.09. The first kappa shape index (κ1) is 11.7. The first-order valence-corrected chi connectivity index (χ1v) is 6.17. The minimum Gasteiger partial charge on any atom is -0.334 e. The maximum absolute atomic E-state index is 11.0. The molecule has 0 radical (unpaired) electrons. The van der Waals surface area contributed by atoms with Crippen molar-refractivity contribution in [2.45, 2.75) is 13.8 Å². The summed E-state index contributed by atoms with van der Waals surface area (Å²) in [7, 11) is 1.98. The van der Waals surface area contributed by atoms with Gasteiger partial charge in [-0.25, -0.2) is 4.98 Å². The highest BCUT2D eigenvalue weighted by Crippen LogP contribution is 2.22. The number of carbonyl (C=O) groups is 1. The molecule has 1 aromatic carbocycles. The Morgan fingerprint density at radius 1 is 1.21 bits per heavy atom. The Bertz CT molecular complexity index is 780. The molecule has 19 heavy (non-hydrogen) atoms. The highest BCUT2D eigenvalue weighted by Gasteiger charge is 2.11. The van der Waals surface area contributed by atoms with Crippen LogP contribution in [-0.2, 0) is 7.05 Å². The molecule has 0 saturated carbocycles. The average molecular weight is 253 g/mol. The molecule has 96 valence electrons. The number of benzene rings is 1. The molecule has 0 aliphatic heterocycles. The molecule has 3 aromatic rings. The maximum Gasteiger partial charge on any atom is 0.151 e. The molecule has 0 aliphatic carbocycles. The van der Waals surface area contributed by atoms with Crippen LogP contribution in [0.2, 0.25) is 0 Å². The molecule has 4 nitrogen and oxygen atoms in total. The van der Waals surface area contributed by atoms with Crippen molar-refractivity contribution in [3.8, 4) is 5.69 Å². The van der Waals surface area contributed by atoms with Crippen molar-refractivity contribution >= 4 is 17.3 Å². The minimum absolute atomic E-state index is 0.735. The summed E-state index contributed by atoms with van der Waals surface area (Å²) < 4.78 is 4.07. The number of hydrogen-bond acceptors (Lipinski definition) is 2. The highest BCUT2D eigenvalue weighted by molar-refractivity contribution is 5.80. The lowest BCUT2D eigenvalue weighted by Gasteiger charge is -2.09. The van der Waals surface area contributed by atoms with Crippen molar-refractivity contribution in [1.82, 2.24) is 14.1 Å². The number of aryl methyl sites for hydroxylation is 2. The number of aldehydes is 1. The van der Waals surface area contributed by atoms with Gasteiger partial charge in [0.25, 0.3) is 0 Å². The van der Waals surface area contributed by atoms with Crippen molar-refractivity contribution < 1.29 is 4.79 Å².